The average molecular weight is 484 g/mol. The summed E-state index contributed by atoms with van der Waals surface area (Å²) >= 11 is 6.10. The molecule has 2 aromatic carbocycles. The summed E-state index contributed by atoms with van der Waals surface area (Å²) in [5.41, 5.74) is 2.44. The summed E-state index contributed by atoms with van der Waals surface area (Å²) in [6, 6.07) is 18.6. The van der Waals surface area contributed by atoms with Gasteiger partial charge in [-0.2, -0.15) is 10.1 Å². The van der Waals surface area contributed by atoms with Gasteiger partial charge in [0.15, 0.2) is 0 Å². The summed E-state index contributed by atoms with van der Waals surface area (Å²) in [6.45, 7) is 4.16. The molecule has 0 aliphatic carbocycles. The number of para-hydroxylation sites is 1. The first-order valence-electron chi connectivity index (χ1n) is 10.2. The van der Waals surface area contributed by atoms with Gasteiger partial charge >= 0.3 is 0 Å². The Morgan fingerprint density at radius 1 is 1.03 bits per heavy atom. The van der Waals surface area contributed by atoms with Gasteiger partial charge in [-0.3, -0.25) is 4.68 Å². The van der Waals surface area contributed by atoms with E-state index in [1.807, 2.05) is 42.5 Å². The molecule has 0 aliphatic heterocycles. The molecule has 0 spiro atoms. The molecule has 2 heterocycles. The van der Waals surface area contributed by atoms with Crippen LogP contribution in [0.1, 0.15) is 25.3 Å². The van der Waals surface area contributed by atoms with Crippen molar-refractivity contribution in [1.29, 1.82) is 0 Å². The predicted octanol–water partition coefficient (Wildman–Crippen LogP) is 5.25. The monoisotopic (exact) mass is 483 g/mol. The molecule has 33 heavy (non-hydrogen) atoms. The molecule has 0 radical (unpaired) electrons. The van der Waals surface area contributed by atoms with Crippen LogP contribution in [0.2, 0.25) is 5.15 Å². The Kier molecular flexibility index (Phi) is 6.35. The van der Waals surface area contributed by atoms with Crippen LogP contribution in [0.3, 0.4) is 0 Å². The van der Waals surface area contributed by atoms with Crippen molar-refractivity contribution in [2.24, 2.45) is 7.05 Å². The van der Waals surface area contributed by atoms with E-state index in [1.165, 1.54) is 10.9 Å². The maximum Gasteiger partial charge on any atom is 0.268 e. The lowest BCUT2D eigenvalue weighted by Gasteiger charge is -2.15. The molecule has 10 heteroatoms. The zero-order valence-corrected chi connectivity index (χ0v) is 19.8. The van der Waals surface area contributed by atoms with Crippen LogP contribution in [-0.2, 0) is 17.1 Å². The van der Waals surface area contributed by atoms with Crippen molar-refractivity contribution in [2.75, 3.05) is 4.72 Å². The molecule has 0 saturated heterocycles. The van der Waals surface area contributed by atoms with Crippen LogP contribution in [-0.4, -0.2) is 28.2 Å². The zero-order valence-electron chi connectivity index (χ0n) is 18.2. The standard InChI is InChI=1S/C23H22ClN5O3S/c1-15(2)17-11-7-8-12-18(17)19-13-21(32-16-9-5-4-6-10-16)27-23(26-19)28-33(30,31)20-14-25-29(3)22(20)24/h4-15H,1-3H3,(H,26,27,28). The highest BCUT2D eigenvalue weighted by atomic mass is 35.5. The highest BCUT2D eigenvalue weighted by molar-refractivity contribution is 7.92. The van der Waals surface area contributed by atoms with E-state index in [0.717, 1.165) is 11.1 Å². The summed E-state index contributed by atoms with van der Waals surface area (Å²) in [5.74, 6) is 0.837. The first-order valence-corrected chi connectivity index (χ1v) is 12.0. The van der Waals surface area contributed by atoms with Gasteiger partial charge in [0, 0.05) is 18.7 Å². The van der Waals surface area contributed by atoms with Crippen molar-refractivity contribution in [1.82, 2.24) is 19.7 Å². The molecule has 4 aromatic rings. The van der Waals surface area contributed by atoms with E-state index < -0.39 is 10.0 Å². The maximum atomic E-state index is 13.0. The van der Waals surface area contributed by atoms with Crippen molar-refractivity contribution >= 4 is 27.6 Å². The van der Waals surface area contributed by atoms with Crippen molar-refractivity contribution in [3.63, 3.8) is 0 Å². The number of ether oxygens (including phenoxy) is 1. The number of sulfonamides is 1. The number of nitrogens with zero attached hydrogens (tertiary/aromatic N) is 4. The molecule has 0 saturated carbocycles. The van der Waals surface area contributed by atoms with E-state index in [4.69, 9.17) is 16.3 Å². The van der Waals surface area contributed by atoms with Gasteiger partial charge in [0.25, 0.3) is 10.0 Å². The number of rotatable bonds is 7. The lowest BCUT2D eigenvalue weighted by molar-refractivity contribution is 0.463. The molecule has 0 unspecified atom stereocenters. The third-order valence-electron chi connectivity index (χ3n) is 4.88. The third kappa shape index (κ3) is 4.99. The van der Waals surface area contributed by atoms with Crippen LogP contribution in [0.5, 0.6) is 11.6 Å². The fourth-order valence-electron chi connectivity index (χ4n) is 3.26. The lowest BCUT2D eigenvalue weighted by Crippen LogP contribution is -2.15. The van der Waals surface area contributed by atoms with Gasteiger partial charge in [0.05, 0.1) is 11.9 Å². The summed E-state index contributed by atoms with van der Waals surface area (Å²) in [4.78, 5) is 8.59. The highest BCUT2D eigenvalue weighted by Crippen LogP contribution is 2.32. The third-order valence-corrected chi connectivity index (χ3v) is 6.77. The molecule has 8 nitrogen and oxygen atoms in total. The molecule has 0 fully saturated rings. The van der Waals surface area contributed by atoms with Crippen molar-refractivity contribution in [3.05, 3.63) is 77.6 Å². The van der Waals surface area contributed by atoms with Gasteiger partial charge in [-0.15, -0.1) is 0 Å². The average Bonchev–Trinajstić information content (AvgIpc) is 3.13. The van der Waals surface area contributed by atoms with E-state index in [9.17, 15) is 8.42 Å². The quantitative estimate of drug-likeness (QED) is 0.385. The molecule has 0 atom stereocenters. The number of nitrogens with one attached hydrogen (secondary N) is 1. The van der Waals surface area contributed by atoms with E-state index in [2.05, 4.69) is 33.6 Å². The maximum absolute atomic E-state index is 13.0. The number of hydrogen-bond acceptors (Lipinski definition) is 6. The minimum atomic E-state index is -4.08. The van der Waals surface area contributed by atoms with Crippen LogP contribution in [0, 0.1) is 0 Å². The molecule has 170 valence electrons. The fraction of sp³-hybridized carbons (Fsp3) is 0.174. The number of benzene rings is 2. The van der Waals surface area contributed by atoms with E-state index in [1.54, 1.807) is 25.2 Å². The van der Waals surface area contributed by atoms with Gasteiger partial charge in [0.1, 0.15) is 15.8 Å². The number of aryl methyl sites for hydroxylation is 1. The zero-order chi connectivity index (χ0) is 23.6. The van der Waals surface area contributed by atoms with E-state index in [0.29, 0.717) is 11.4 Å². The molecular formula is C23H22ClN5O3S. The van der Waals surface area contributed by atoms with Crippen LogP contribution >= 0.6 is 11.6 Å². The Bertz CT molecular complexity index is 1390. The topological polar surface area (TPSA) is 99.0 Å². The summed E-state index contributed by atoms with van der Waals surface area (Å²) in [6.07, 6.45) is 1.17. The molecular weight excluding hydrogens is 462 g/mol. The second-order valence-corrected chi connectivity index (χ2v) is 9.61. The van der Waals surface area contributed by atoms with Gasteiger partial charge in [-0.25, -0.2) is 18.1 Å². The lowest BCUT2D eigenvalue weighted by atomic mass is 9.95. The van der Waals surface area contributed by atoms with Crippen molar-refractivity contribution < 1.29 is 13.2 Å². The van der Waals surface area contributed by atoms with Crippen LogP contribution in [0.15, 0.2) is 71.8 Å². The van der Waals surface area contributed by atoms with Crippen LogP contribution in [0.25, 0.3) is 11.3 Å². The van der Waals surface area contributed by atoms with E-state index in [-0.39, 0.29) is 27.8 Å². The molecule has 0 amide bonds. The van der Waals surface area contributed by atoms with Gasteiger partial charge < -0.3 is 4.74 Å². The first kappa shape index (κ1) is 22.8. The van der Waals surface area contributed by atoms with E-state index >= 15 is 0 Å². The largest absolute Gasteiger partial charge is 0.439 e. The minimum absolute atomic E-state index is 0.0235. The molecule has 0 bridgehead atoms. The molecule has 0 aliphatic rings. The first-order chi connectivity index (χ1) is 15.7. The summed E-state index contributed by atoms with van der Waals surface area (Å²) in [5, 5.41) is 3.87. The highest BCUT2D eigenvalue weighted by Gasteiger charge is 2.24. The second-order valence-electron chi connectivity index (χ2n) is 7.60. The van der Waals surface area contributed by atoms with Crippen molar-refractivity contribution in [2.45, 2.75) is 24.7 Å². The number of anilines is 1. The normalized spacial score (nSPS) is 11.5. The Labute approximate surface area is 197 Å². The Morgan fingerprint density at radius 3 is 2.39 bits per heavy atom. The summed E-state index contributed by atoms with van der Waals surface area (Å²) < 4.78 is 35.5. The number of hydrogen-bond donors (Lipinski definition) is 1. The number of halogens is 1. The second kappa shape index (κ2) is 9.21. The predicted molar refractivity (Wildman–Crippen MR) is 127 cm³/mol. The van der Waals surface area contributed by atoms with Crippen molar-refractivity contribution in [3.8, 4) is 22.9 Å². The number of aromatic nitrogens is 4. The smallest absolute Gasteiger partial charge is 0.268 e. The molecule has 4 rings (SSSR count). The van der Waals surface area contributed by atoms with Crippen LogP contribution < -0.4 is 9.46 Å². The van der Waals surface area contributed by atoms with Crippen LogP contribution in [0.4, 0.5) is 5.95 Å². The Morgan fingerprint density at radius 2 is 1.73 bits per heavy atom. The van der Waals surface area contributed by atoms with Gasteiger partial charge in [-0.05, 0) is 23.6 Å². The SMILES string of the molecule is CC(C)c1ccccc1-c1cc(Oc2ccccc2)nc(NS(=O)(=O)c2cnn(C)c2Cl)n1. The minimum Gasteiger partial charge on any atom is -0.439 e. The summed E-state index contributed by atoms with van der Waals surface area (Å²) in [7, 11) is -2.54. The Balaban J connectivity index is 1.80. The molecule has 2 aromatic heterocycles. The molecule has 1 N–H and O–H groups in total. The van der Waals surface area contributed by atoms with Gasteiger partial charge in [0.2, 0.25) is 11.8 Å². The Hall–Kier alpha value is -3.43. The van der Waals surface area contributed by atoms with Gasteiger partial charge in [-0.1, -0.05) is 67.9 Å². The fourth-order valence-corrected chi connectivity index (χ4v) is 4.64.